The van der Waals surface area contributed by atoms with Crippen molar-refractivity contribution in [2.75, 3.05) is 13.7 Å². The molecule has 0 saturated carbocycles. The number of carbonyl (C=O) groups excluding carboxylic acids is 1. The number of benzene rings is 1. The summed E-state index contributed by atoms with van der Waals surface area (Å²) in [5, 5.41) is 2.32. The SMILES string of the molecule is CCCCOC(=O)C1NC(c2ccc(Cl)c(OC)c2F)=C(F)C(N)=C1Cl. The lowest BCUT2D eigenvalue weighted by Crippen LogP contribution is -2.42. The molecule has 2 rings (SSSR count). The third-order valence-corrected chi connectivity index (χ3v) is 4.48. The first kappa shape index (κ1) is 20.3. The van der Waals surface area contributed by atoms with E-state index in [2.05, 4.69) is 5.32 Å². The Morgan fingerprint density at radius 2 is 2.04 bits per heavy atom. The summed E-state index contributed by atoms with van der Waals surface area (Å²) in [6.45, 7) is 2.12. The summed E-state index contributed by atoms with van der Waals surface area (Å²) in [5.41, 5.74) is 4.66. The van der Waals surface area contributed by atoms with Crippen molar-refractivity contribution in [1.29, 1.82) is 0 Å². The first-order valence-corrected chi connectivity index (χ1v) is 8.59. The molecule has 0 radical (unpaired) electrons. The zero-order chi connectivity index (χ0) is 19.4. The maximum absolute atomic E-state index is 14.6. The molecule has 1 unspecified atom stereocenters. The van der Waals surface area contributed by atoms with Crippen LogP contribution in [-0.2, 0) is 9.53 Å². The van der Waals surface area contributed by atoms with Gasteiger partial charge >= 0.3 is 5.97 Å². The van der Waals surface area contributed by atoms with Crippen molar-refractivity contribution in [2.24, 2.45) is 5.73 Å². The van der Waals surface area contributed by atoms with Crippen molar-refractivity contribution in [1.82, 2.24) is 5.32 Å². The third kappa shape index (κ3) is 3.88. The standard InChI is InChI=1S/C17H18Cl2F2N2O3/c1-3-4-7-26-17(24)15-10(19)13(22)12(21)14(23-15)8-5-6-9(18)16(25-2)11(8)20/h5-6,15,23H,3-4,7,22H2,1-2H3. The van der Waals surface area contributed by atoms with Gasteiger partial charge in [-0.3, -0.25) is 0 Å². The molecular formula is C17H18Cl2F2N2O3. The Kier molecular flexibility index (Phi) is 6.72. The molecule has 1 aromatic rings. The maximum Gasteiger partial charge on any atom is 0.334 e. The van der Waals surface area contributed by atoms with Crippen LogP contribution in [0.25, 0.3) is 5.70 Å². The molecule has 1 aromatic carbocycles. The lowest BCUT2D eigenvalue weighted by atomic mass is 10.0. The lowest BCUT2D eigenvalue weighted by molar-refractivity contribution is -0.144. The Hall–Kier alpha value is -1.99. The van der Waals surface area contributed by atoms with E-state index in [1.807, 2.05) is 6.92 Å². The summed E-state index contributed by atoms with van der Waals surface area (Å²) in [7, 11) is 1.23. The van der Waals surface area contributed by atoms with Crippen molar-refractivity contribution in [3.63, 3.8) is 0 Å². The Bertz CT molecular complexity index is 782. The van der Waals surface area contributed by atoms with Crippen LogP contribution in [0.3, 0.4) is 0 Å². The minimum Gasteiger partial charge on any atom is -0.492 e. The lowest BCUT2D eigenvalue weighted by Gasteiger charge is -2.26. The fraction of sp³-hybridized carbons (Fsp3) is 0.353. The van der Waals surface area contributed by atoms with Crippen LogP contribution < -0.4 is 15.8 Å². The summed E-state index contributed by atoms with van der Waals surface area (Å²) in [4.78, 5) is 12.2. The van der Waals surface area contributed by atoms with Crippen molar-refractivity contribution in [2.45, 2.75) is 25.8 Å². The maximum atomic E-state index is 14.6. The van der Waals surface area contributed by atoms with Gasteiger partial charge in [0.1, 0.15) is 0 Å². The van der Waals surface area contributed by atoms with Gasteiger partial charge in [0.05, 0.1) is 35.2 Å². The van der Waals surface area contributed by atoms with Gasteiger partial charge in [0.2, 0.25) is 0 Å². The summed E-state index contributed by atoms with van der Waals surface area (Å²) < 4.78 is 39.2. The Morgan fingerprint density at radius 3 is 2.65 bits per heavy atom. The molecule has 9 heteroatoms. The van der Waals surface area contributed by atoms with E-state index in [9.17, 15) is 13.6 Å². The second-order valence-corrected chi connectivity index (χ2v) is 6.31. The fourth-order valence-corrected chi connectivity index (χ4v) is 2.79. The number of nitrogens with one attached hydrogen (secondary N) is 1. The predicted octanol–water partition coefficient (Wildman–Crippen LogP) is 3.85. The van der Waals surface area contributed by atoms with Crippen LogP contribution in [0.15, 0.2) is 28.7 Å². The number of esters is 1. The molecule has 0 fully saturated rings. The first-order valence-electron chi connectivity index (χ1n) is 7.84. The van der Waals surface area contributed by atoms with Gasteiger partial charge in [-0.2, -0.15) is 0 Å². The van der Waals surface area contributed by atoms with Crippen molar-refractivity contribution >= 4 is 34.9 Å². The normalized spacial score (nSPS) is 17.2. The van der Waals surface area contributed by atoms with E-state index in [0.29, 0.717) is 6.42 Å². The van der Waals surface area contributed by atoms with Crippen molar-refractivity contribution in [3.05, 3.63) is 45.1 Å². The van der Waals surface area contributed by atoms with Gasteiger partial charge in [0, 0.05) is 5.56 Å². The number of nitrogens with two attached hydrogens (primary N) is 1. The number of unbranched alkanes of at least 4 members (excludes halogenated alkanes) is 1. The number of hydrogen-bond acceptors (Lipinski definition) is 5. The van der Waals surface area contributed by atoms with Crippen LogP contribution in [0.5, 0.6) is 5.75 Å². The summed E-state index contributed by atoms with van der Waals surface area (Å²) in [6.07, 6.45) is 1.49. The Balaban J connectivity index is 2.42. The van der Waals surface area contributed by atoms with Gasteiger partial charge in [-0.15, -0.1) is 0 Å². The van der Waals surface area contributed by atoms with E-state index in [4.69, 9.17) is 38.4 Å². The van der Waals surface area contributed by atoms with Crippen LogP contribution in [0.4, 0.5) is 8.78 Å². The van der Waals surface area contributed by atoms with E-state index >= 15 is 0 Å². The number of methoxy groups -OCH3 is 1. The van der Waals surface area contributed by atoms with Crippen molar-refractivity contribution < 1.29 is 23.0 Å². The van der Waals surface area contributed by atoms with E-state index in [0.717, 1.165) is 6.42 Å². The van der Waals surface area contributed by atoms with Crippen LogP contribution in [0.1, 0.15) is 25.3 Å². The predicted molar refractivity (Wildman–Crippen MR) is 95.8 cm³/mol. The topological polar surface area (TPSA) is 73.6 Å². The zero-order valence-corrected chi connectivity index (χ0v) is 15.7. The number of dihydropyridines is 1. The monoisotopic (exact) mass is 406 g/mol. The second-order valence-electron chi connectivity index (χ2n) is 5.49. The van der Waals surface area contributed by atoms with Crippen LogP contribution >= 0.6 is 23.2 Å². The van der Waals surface area contributed by atoms with E-state index in [1.165, 1.54) is 19.2 Å². The molecule has 1 atom stereocenters. The average molecular weight is 407 g/mol. The van der Waals surface area contributed by atoms with Crippen LogP contribution in [-0.4, -0.2) is 25.7 Å². The van der Waals surface area contributed by atoms with E-state index in [1.54, 1.807) is 0 Å². The van der Waals surface area contributed by atoms with Crippen LogP contribution in [0.2, 0.25) is 5.02 Å². The number of halogens is 4. The molecule has 1 heterocycles. The Morgan fingerprint density at radius 1 is 1.35 bits per heavy atom. The average Bonchev–Trinajstić information content (AvgIpc) is 2.61. The molecule has 26 heavy (non-hydrogen) atoms. The molecule has 0 spiro atoms. The summed E-state index contributed by atoms with van der Waals surface area (Å²) >= 11 is 11.8. The Labute approximate surface area is 159 Å². The van der Waals surface area contributed by atoms with Gasteiger partial charge < -0.3 is 20.5 Å². The largest absolute Gasteiger partial charge is 0.492 e. The molecule has 3 N–H and O–H groups in total. The second kappa shape index (κ2) is 8.60. The van der Waals surface area contributed by atoms with Crippen molar-refractivity contribution in [3.8, 4) is 5.75 Å². The van der Waals surface area contributed by atoms with Gasteiger partial charge in [0.15, 0.2) is 23.4 Å². The molecule has 0 saturated heterocycles. The zero-order valence-electron chi connectivity index (χ0n) is 14.2. The molecular weight excluding hydrogens is 389 g/mol. The smallest absolute Gasteiger partial charge is 0.334 e. The number of rotatable bonds is 6. The molecule has 142 valence electrons. The highest BCUT2D eigenvalue weighted by molar-refractivity contribution is 6.33. The molecule has 0 aliphatic carbocycles. The highest BCUT2D eigenvalue weighted by Gasteiger charge is 2.35. The number of allylic oxidation sites excluding steroid dienone is 1. The third-order valence-electron chi connectivity index (χ3n) is 3.76. The summed E-state index contributed by atoms with van der Waals surface area (Å²) in [6, 6.07) is 1.34. The number of carbonyl (C=O) groups is 1. The molecule has 0 amide bonds. The highest BCUT2D eigenvalue weighted by atomic mass is 35.5. The molecule has 1 aliphatic heterocycles. The first-order chi connectivity index (χ1) is 12.3. The van der Waals surface area contributed by atoms with Gasteiger partial charge in [-0.05, 0) is 18.6 Å². The van der Waals surface area contributed by atoms with Gasteiger partial charge in [0.25, 0.3) is 0 Å². The van der Waals surface area contributed by atoms with E-state index < -0.39 is 29.4 Å². The van der Waals surface area contributed by atoms with Crippen LogP contribution in [0, 0.1) is 5.82 Å². The minimum atomic E-state index is -1.25. The minimum absolute atomic E-state index is 0.0163. The molecule has 5 nitrogen and oxygen atoms in total. The fourth-order valence-electron chi connectivity index (χ4n) is 2.34. The molecule has 0 bridgehead atoms. The highest BCUT2D eigenvalue weighted by Crippen LogP contribution is 2.37. The quantitative estimate of drug-likeness (QED) is 0.554. The van der Waals surface area contributed by atoms with Gasteiger partial charge in [-0.1, -0.05) is 36.5 Å². The van der Waals surface area contributed by atoms with E-state index in [-0.39, 0.29) is 33.7 Å². The number of hydrogen-bond donors (Lipinski definition) is 2. The summed E-state index contributed by atoms with van der Waals surface area (Å²) in [5.74, 6) is -2.89. The number of ether oxygens (including phenoxy) is 2. The van der Waals surface area contributed by atoms with Gasteiger partial charge in [-0.25, -0.2) is 13.6 Å². The molecule has 0 aromatic heterocycles. The molecule has 1 aliphatic rings.